The van der Waals surface area contributed by atoms with E-state index in [2.05, 4.69) is 13.8 Å². The van der Waals surface area contributed by atoms with Gasteiger partial charge in [0.15, 0.2) is 12.4 Å². The third-order valence-electron chi connectivity index (χ3n) is 10.9. The molecule has 0 saturated carbocycles. The van der Waals surface area contributed by atoms with Gasteiger partial charge in [-0.1, -0.05) is 206 Å². The molecule has 338 valence electrons. The Balaban J connectivity index is 4.04. The molecular weight excluding hydrogens is 719 g/mol. The predicted octanol–water partition coefficient (Wildman–Crippen LogP) is 11.6. The van der Waals surface area contributed by atoms with Gasteiger partial charge in [-0.05, 0) is 12.8 Å². The maximum Gasteiger partial charge on any atom is 0.306 e. The summed E-state index contributed by atoms with van der Waals surface area (Å²) in [5.41, 5.74) is 0. The van der Waals surface area contributed by atoms with E-state index in [9.17, 15) is 19.5 Å². The molecule has 9 heteroatoms. The lowest BCUT2D eigenvalue weighted by molar-refractivity contribution is -0.870. The summed E-state index contributed by atoms with van der Waals surface area (Å²) < 4.78 is 22.4. The van der Waals surface area contributed by atoms with E-state index < -0.39 is 24.3 Å². The Labute approximate surface area is 352 Å². The van der Waals surface area contributed by atoms with Crippen LogP contribution < -0.4 is 5.11 Å². The summed E-state index contributed by atoms with van der Waals surface area (Å²) in [5, 5.41) is 11.6. The van der Waals surface area contributed by atoms with E-state index in [4.69, 9.17) is 18.9 Å². The van der Waals surface area contributed by atoms with Crippen molar-refractivity contribution in [3.05, 3.63) is 0 Å². The Kier molecular flexibility index (Phi) is 39.8. The number of ether oxygens (including phenoxy) is 4. The summed E-state index contributed by atoms with van der Waals surface area (Å²) in [6, 6.07) is 0. The molecule has 57 heavy (non-hydrogen) atoms. The average Bonchev–Trinajstić information content (AvgIpc) is 3.17. The van der Waals surface area contributed by atoms with Crippen LogP contribution in [0.15, 0.2) is 0 Å². The Morgan fingerprint density at radius 2 is 0.789 bits per heavy atom. The van der Waals surface area contributed by atoms with Crippen molar-refractivity contribution in [2.75, 3.05) is 47.5 Å². The third kappa shape index (κ3) is 42.2. The van der Waals surface area contributed by atoms with Crippen LogP contribution in [0.5, 0.6) is 0 Å². The first-order valence-corrected chi connectivity index (χ1v) is 24.2. The Bertz CT molecular complexity index is 907. The number of carboxylic acids is 1. The second-order valence-corrected chi connectivity index (χ2v) is 17.8. The number of esters is 2. The third-order valence-corrected chi connectivity index (χ3v) is 10.9. The van der Waals surface area contributed by atoms with Crippen LogP contribution >= 0.6 is 0 Å². The van der Waals surface area contributed by atoms with Crippen LogP contribution in [-0.4, -0.2) is 82.3 Å². The zero-order chi connectivity index (χ0) is 42.1. The van der Waals surface area contributed by atoms with Crippen molar-refractivity contribution in [1.82, 2.24) is 0 Å². The second kappa shape index (κ2) is 41.0. The van der Waals surface area contributed by atoms with Gasteiger partial charge in [-0.2, -0.15) is 0 Å². The van der Waals surface area contributed by atoms with Crippen molar-refractivity contribution in [1.29, 1.82) is 0 Å². The number of likely N-dealkylation sites (N-methyl/N-ethyl adjacent to an activating group) is 1. The van der Waals surface area contributed by atoms with Gasteiger partial charge < -0.3 is 33.3 Å². The summed E-state index contributed by atoms with van der Waals surface area (Å²) in [5.74, 6) is -2.28. The molecule has 0 aromatic carbocycles. The SMILES string of the molecule is CCCCCCCCCCCCCCCCCCCCCCCCCCCCC(=O)OC(COC(=O)CCCCCCCC)COC(OCC[N+](C)(C)C)C(=O)[O-]. The molecule has 0 bridgehead atoms. The minimum atomic E-state index is -1.61. The van der Waals surface area contributed by atoms with Crippen LogP contribution in [0.4, 0.5) is 0 Å². The number of carboxylic acid groups (broad SMARTS) is 1. The average molecular weight is 812 g/mol. The first-order chi connectivity index (χ1) is 27.6. The highest BCUT2D eigenvalue weighted by atomic mass is 16.7. The van der Waals surface area contributed by atoms with Gasteiger partial charge in [0.2, 0.25) is 0 Å². The maximum absolute atomic E-state index is 12.7. The Morgan fingerprint density at radius 1 is 0.456 bits per heavy atom. The molecule has 0 fully saturated rings. The number of quaternary nitrogens is 1. The summed E-state index contributed by atoms with van der Waals surface area (Å²) in [7, 11) is 5.91. The van der Waals surface area contributed by atoms with E-state index in [-0.39, 0.29) is 32.2 Å². The van der Waals surface area contributed by atoms with Crippen molar-refractivity contribution in [2.45, 2.75) is 245 Å². The number of hydrogen-bond acceptors (Lipinski definition) is 8. The van der Waals surface area contributed by atoms with E-state index in [0.717, 1.165) is 44.9 Å². The molecule has 9 nitrogen and oxygen atoms in total. The molecule has 0 amide bonds. The van der Waals surface area contributed by atoms with Gasteiger partial charge >= 0.3 is 11.9 Å². The number of nitrogens with zero attached hydrogens (tertiary/aromatic N) is 1. The molecule has 0 rings (SSSR count). The highest BCUT2D eigenvalue weighted by molar-refractivity contribution is 5.70. The monoisotopic (exact) mass is 812 g/mol. The van der Waals surface area contributed by atoms with E-state index in [1.807, 2.05) is 21.1 Å². The molecule has 0 aliphatic rings. The van der Waals surface area contributed by atoms with Crippen LogP contribution in [0, 0.1) is 0 Å². The first-order valence-electron chi connectivity index (χ1n) is 24.2. The summed E-state index contributed by atoms with van der Waals surface area (Å²) >= 11 is 0. The van der Waals surface area contributed by atoms with Crippen molar-refractivity contribution >= 4 is 17.9 Å². The van der Waals surface area contributed by atoms with Crippen LogP contribution in [0.3, 0.4) is 0 Å². The molecule has 0 N–H and O–H groups in total. The van der Waals surface area contributed by atoms with Gasteiger partial charge in [-0.25, -0.2) is 0 Å². The van der Waals surface area contributed by atoms with Gasteiger partial charge in [-0.3, -0.25) is 9.59 Å². The fourth-order valence-electron chi connectivity index (χ4n) is 7.07. The fraction of sp³-hybridized carbons (Fsp3) is 0.938. The van der Waals surface area contributed by atoms with E-state index >= 15 is 0 Å². The summed E-state index contributed by atoms with van der Waals surface area (Å²) in [4.78, 5) is 36.7. The number of rotatable bonds is 45. The van der Waals surface area contributed by atoms with Gasteiger partial charge in [0, 0.05) is 12.8 Å². The number of hydrogen-bond donors (Lipinski definition) is 0. The minimum Gasteiger partial charge on any atom is -0.545 e. The molecule has 0 saturated heterocycles. The lowest BCUT2D eigenvalue weighted by Crippen LogP contribution is -2.44. The minimum absolute atomic E-state index is 0.152. The van der Waals surface area contributed by atoms with Crippen molar-refractivity contribution in [2.24, 2.45) is 0 Å². The first kappa shape index (κ1) is 55.3. The fourth-order valence-corrected chi connectivity index (χ4v) is 7.07. The van der Waals surface area contributed by atoms with Gasteiger partial charge in [0.1, 0.15) is 13.2 Å². The molecular formula is C48H93NO8. The smallest absolute Gasteiger partial charge is 0.306 e. The maximum atomic E-state index is 12.7. The van der Waals surface area contributed by atoms with E-state index in [0.29, 0.717) is 17.4 Å². The molecule has 2 unspecified atom stereocenters. The molecule has 0 aromatic heterocycles. The lowest BCUT2D eigenvalue weighted by atomic mass is 10.0. The molecule has 0 aromatic rings. The summed E-state index contributed by atoms with van der Waals surface area (Å²) in [6.45, 7) is 4.70. The number of aliphatic carboxylic acids is 1. The van der Waals surface area contributed by atoms with Crippen LogP contribution in [0.2, 0.25) is 0 Å². The molecule has 0 aliphatic heterocycles. The van der Waals surface area contributed by atoms with Gasteiger partial charge in [0.25, 0.3) is 0 Å². The van der Waals surface area contributed by atoms with E-state index in [1.54, 1.807) is 0 Å². The van der Waals surface area contributed by atoms with Crippen molar-refractivity contribution < 1.29 is 42.9 Å². The van der Waals surface area contributed by atoms with Crippen LogP contribution in [-0.2, 0) is 33.3 Å². The second-order valence-electron chi connectivity index (χ2n) is 17.8. The molecule has 0 radical (unpaired) electrons. The number of unbranched alkanes of at least 4 members (excludes halogenated alkanes) is 30. The predicted molar refractivity (Wildman–Crippen MR) is 233 cm³/mol. The standard InChI is InChI=1S/C48H93NO8/c1-6-8-10-12-14-15-16-17-18-19-20-21-22-23-24-25-26-27-28-29-30-31-32-33-35-37-39-46(51)57-44(42-55-45(50)38-36-34-13-11-9-7-2)43-56-48(47(52)53)54-41-40-49(3,4)5/h44,48H,6-43H2,1-5H3. The highest BCUT2D eigenvalue weighted by Gasteiger charge is 2.21. The summed E-state index contributed by atoms with van der Waals surface area (Å²) in [6.07, 6.45) is 39.0. The van der Waals surface area contributed by atoms with Crippen LogP contribution in [0.25, 0.3) is 0 Å². The zero-order valence-corrected chi connectivity index (χ0v) is 38.2. The molecule has 0 heterocycles. The molecule has 0 aliphatic carbocycles. The molecule has 0 spiro atoms. The van der Waals surface area contributed by atoms with Gasteiger partial charge in [-0.15, -0.1) is 0 Å². The van der Waals surface area contributed by atoms with Gasteiger partial charge in [0.05, 0.1) is 40.3 Å². The number of carbonyl (C=O) groups is 3. The van der Waals surface area contributed by atoms with E-state index in [1.165, 1.54) is 161 Å². The Morgan fingerprint density at radius 3 is 1.12 bits per heavy atom. The zero-order valence-electron chi connectivity index (χ0n) is 38.2. The largest absolute Gasteiger partial charge is 0.545 e. The topological polar surface area (TPSA) is 111 Å². The quantitative estimate of drug-likeness (QED) is 0.0259. The highest BCUT2D eigenvalue weighted by Crippen LogP contribution is 2.17. The number of carbonyl (C=O) groups excluding carboxylic acids is 3. The van der Waals surface area contributed by atoms with Crippen molar-refractivity contribution in [3.8, 4) is 0 Å². The molecule has 2 atom stereocenters. The normalized spacial score (nSPS) is 12.8. The van der Waals surface area contributed by atoms with Crippen molar-refractivity contribution in [3.63, 3.8) is 0 Å². The lowest BCUT2D eigenvalue weighted by Gasteiger charge is -2.26. The van der Waals surface area contributed by atoms with Crippen LogP contribution in [0.1, 0.15) is 232 Å². The Hall–Kier alpha value is -1.71.